The molecule has 2 saturated heterocycles. The zero-order chi connectivity index (χ0) is 13.9. The molecule has 20 heavy (non-hydrogen) atoms. The molecule has 2 aliphatic heterocycles. The standard InChI is InChI=1S/C16H26N4/c1-13-11-18-16(10-15(13)17)20-8-4-14(5-9-20)12-19-6-2-3-7-19/h10-11,14H,2-9,12H2,1H3,(H2,17,18). The van der Waals surface area contributed by atoms with E-state index in [-0.39, 0.29) is 0 Å². The number of hydrogen-bond acceptors (Lipinski definition) is 4. The van der Waals surface area contributed by atoms with Gasteiger partial charge < -0.3 is 15.5 Å². The number of rotatable bonds is 3. The topological polar surface area (TPSA) is 45.4 Å². The van der Waals surface area contributed by atoms with Gasteiger partial charge in [0.1, 0.15) is 5.82 Å². The van der Waals surface area contributed by atoms with E-state index in [1.54, 1.807) is 0 Å². The second kappa shape index (κ2) is 6.00. The van der Waals surface area contributed by atoms with Gasteiger partial charge in [0.2, 0.25) is 0 Å². The molecule has 0 aliphatic carbocycles. The van der Waals surface area contributed by atoms with E-state index in [0.29, 0.717) is 0 Å². The third-order valence-corrected chi connectivity index (χ3v) is 4.78. The first kappa shape index (κ1) is 13.7. The van der Waals surface area contributed by atoms with Gasteiger partial charge in [0, 0.05) is 37.6 Å². The Morgan fingerprint density at radius 1 is 1.20 bits per heavy atom. The molecule has 0 saturated carbocycles. The number of anilines is 2. The highest BCUT2D eigenvalue weighted by Crippen LogP contribution is 2.25. The minimum Gasteiger partial charge on any atom is -0.398 e. The van der Waals surface area contributed by atoms with Crippen molar-refractivity contribution < 1.29 is 0 Å². The van der Waals surface area contributed by atoms with Crippen LogP contribution in [0.15, 0.2) is 12.3 Å². The van der Waals surface area contributed by atoms with E-state index in [2.05, 4.69) is 14.8 Å². The van der Waals surface area contributed by atoms with Gasteiger partial charge in [0.05, 0.1) is 0 Å². The molecule has 0 unspecified atom stereocenters. The minimum atomic E-state index is 0.856. The summed E-state index contributed by atoms with van der Waals surface area (Å²) in [6, 6.07) is 2.02. The second-order valence-corrected chi connectivity index (χ2v) is 6.34. The van der Waals surface area contributed by atoms with E-state index in [9.17, 15) is 0 Å². The Labute approximate surface area is 122 Å². The molecule has 4 heteroatoms. The highest BCUT2D eigenvalue weighted by Gasteiger charge is 2.23. The molecule has 3 heterocycles. The van der Waals surface area contributed by atoms with Crippen molar-refractivity contribution in [3.05, 3.63) is 17.8 Å². The van der Waals surface area contributed by atoms with Gasteiger partial charge in [-0.05, 0) is 57.2 Å². The van der Waals surface area contributed by atoms with Crippen LogP contribution in [-0.4, -0.2) is 42.6 Å². The molecule has 2 aliphatic rings. The van der Waals surface area contributed by atoms with Crippen LogP contribution in [0.1, 0.15) is 31.2 Å². The number of piperidine rings is 1. The first-order valence-corrected chi connectivity index (χ1v) is 7.92. The van der Waals surface area contributed by atoms with Crippen LogP contribution in [0.5, 0.6) is 0 Å². The van der Waals surface area contributed by atoms with Crippen LogP contribution in [0.4, 0.5) is 11.5 Å². The Balaban J connectivity index is 1.53. The summed E-state index contributed by atoms with van der Waals surface area (Å²) in [5, 5.41) is 0. The molecule has 0 atom stereocenters. The van der Waals surface area contributed by atoms with Crippen molar-refractivity contribution in [1.82, 2.24) is 9.88 Å². The Kier molecular flexibility index (Phi) is 4.10. The van der Waals surface area contributed by atoms with Crippen molar-refractivity contribution in [2.24, 2.45) is 5.92 Å². The molecule has 2 fully saturated rings. The number of nitrogen functional groups attached to an aromatic ring is 1. The van der Waals surface area contributed by atoms with Crippen LogP contribution in [0.3, 0.4) is 0 Å². The zero-order valence-corrected chi connectivity index (χ0v) is 12.5. The van der Waals surface area contributed by atoms with Crippen molar-refractivity contribution in [1.29, 1.82) is 0 Å². The van der Waals surface area contributed by atoms with Crippen molar-refractivity contribution in [2.75, 3.05) is 43.4 Å². The van der Waals surface area contributed by atoms with E-state index >= 15 is 0 Å². The van der Waals surface area contributed by atoms with Gasteiger partial charge >= 0.3 is 0 Å². The van der Waals surface area contributed by atoms with Crippen LogP contribution in [0.25, 0.3) is 0 Å². The third kappa shape index (κ3) is 3.06. The van der Waals surface area contributed by atoms with Crippen molar-refractivity contribution in [3.63, 3.8) is 0 Å². The summed E-state index contributed by atoms with van der Waals surface area (Å²) < 4.78 is 0. The molecule has 1 aromatic rings. The number of nitrogens with two attached hydrogens (primary N) is 1. The lowest BCUT2D eigenvalue weighted by Gasteiger charge is -2.34. The Bertz CT molecular complexity index is 446. The van der Waals surface area contributed by atoms with Crippen molar-refractivity contribution in [2.45, 2.75) is 32.6 Å². The molecule has 110 valence electrons. The average Bonchev–Trinajstić information content (AvgIpc) is 2.96. The fourth-order valence-electron chi connectivity index (χ4n) is 3.38. The summed E-state index contributed by atoms with van der Waals surface area (Å²) in [5.41, 5.74) is 7.91. The van der Waals surface area contributed by atoms with Crippen LogP contribution >= 0.6 is 0 Å². The summed E-state index contributed by atoms with van der Waals surface area (Å²) in [4.78, 5) is 9.55. The van der Waals surface area contributed by atoms with Crippen LogP contribution in [-0.2, 0) is 0 Å². The van der Waals surface area contributed by atoms with Crippen LogP contribution < -0.4 is 10.6 Å². The Morgan fingerprint density at radius 2 is 1.90 bits per heavy atom. The predicted octanol–water partition coefficient (Wildman–Crippen LogP) is 2.28. The summed E-state index contributed by atoms with van der Waals surface area (Å²) in [6.07, 6.45) is 7.25. The molecule has 2 N–H and O–H groups in total. The van der Waals surface area contributed by atoms with E-state index < -0.39 is 0 Å². The van der Waals surface area contributed by atoms with Gasteiger partial charge in [-0.2, -0.15) is 0 Å². The van der Waals surface area contributed by atoms with Crippen molar-refractivity contribution >= 4 is 11.5 Å². The summed E-state index contributed by atoms with van der Waals surface area (Å²) in [5.74, 6) is 1.92. The fraction of sp³-hybridized carbons (Fsp3) is 0.688. The normalized spacial score (nSPS) is 21.6. The number of nitrogens with zero attached hydrogens (tertiary/aromatic N) is 3. The highest BCUT2D eigenvalue weighted by molar-refractivity contribution is 5.54. The van der Waals surface area contributed by atoms with E-state index in [4.69, 9.17) is 5.73 Å². The van der Waals surface area contributed by atoms with E-state index in [1.807, 2.05) is 19.2 Å². The average molecular weight is 274 g/mol. The first-order valence-electron chi connectivity index (χ1n) is 7.92. The van der Waals surface area contributed by atoms with Crippen LogP contribution in [0.2, 0.25) is 0 Å². The largest absolute Gasteiger partial charge is 0.398 e. The maximum absolute atomic E-state index is 5.99. The lowest BCUT2D eigenvalue weighted by Crippen LogP contribution is -2.38. The fourth-order valence-corrected chi connectivity index (χ4v) is 3.38. The molecule has 1 aromatic heterocycles. The smallest absolute Gasteiger partial charge is 0.130 e. The molecule has 0 amide bonds. The Morgan fingerprint density at radius 3 is 2.55 bits per heavy atom. The summed E-state index contributed by atoms with van der Waals surface area (Å²) in [7, 11) is 0. The second-order valence-electron chi connectivity index (χ2n) is 6.34. The van der Waals surface area contributed by atoms with Gasteiger partial charge in [0.15, 0.2) is 0 Å². The highest BCUT2D eigenvalue weighted by atomic mass is 15.2. The molecule has 0 radical (unpaired) electrons. The molecular formula is C16H26N4. The lowest BCUT2D eigenvalue weighted by molar-refractivity contribution is 0.249. The molecule has 0 aromatic carbocycles. The summed E-state index contributed by atoms with van der Waals surface area (Å²) in [6.45, 7) is 8.18. The monoisotopic (exact) mass is 274 g/mol. The molecular weight excluding hydrogens is 248 g/mol. The lowest BCUT2D eigenvalue weighted by atomic mass is 9.96. The first-order chi connectivity index (χ1) is 9.72. The van der Waals surface area contributed by atoms with Gasteiger partial charge in [-0.1, -0.05) is 0 Å². The molecule has 0 spiro atoms. The SMILES string of the molecule is Cc1cnc(N2CCC(CN3CCCC3)CC2)cc1N. The number of likely N-dealkylation sites (tertiary alicyclic amines) is 1. The van der Waals surface area contributed by atoms with Gasteiger partial charge in [0.25, 0.3) is 0 Å². The minimum absolute atomic E-state index is 0.856. The zero-order valence-electron chi connectivity index (χ0n) is 12.5. The van der Waals surface area contributed by atoms with Gasteiger partial charge in [-0.3, -0.25) is 0 Å². The Hall–Kier alpha value is -1.29. The van der Waals surface area contributed by atoms with Crippen molar-refractivity contribution in [3.8, 4) is 0 Å². The number of aryl methyl sites for hydroxylation is 1. The van der Waals surface area contributed by atoms with Gasteiger partial charge in [-0.15, -0.1) is 0 Å². The maximum Gasteiger partial charge on any atom is 0.130 e. The number of aromatic nitrogens is 1. The predicted molar refractivity (Wildman–Crippen MR) is 84.0 cm³/mol. The summed E-state index contributed by atoms with van der Waals surface area (Å²) >= 11 is 0. The van der Waals surface area contributed by atoms with Crippen LogP contribution in [0, 0.1) is 12.8 Å². The molecule has 0 bridgehead atoms. The quantitative estimate of drug-likeness (QED) is 0.918. The maximum atomic E-state index is 5.99. The number of pyridine rings is 1. The molecule has 3 rings (SSSR count). The number of hydrogen-bond donors (Lipinski definition) is 1. The third-order valence-electron chi connectivity index (χ3n) is 4.78. The van der Waals surface area contributed by atoms with E-state index in [0.717, 1.165) is 36.1 Å². The van der Waals surface area contributed by atoms with E-state index in [1.165, 1.54) is 45.3 Å². The molecule has 4 nitrogen and oxygen atoms in total. The van der Waals surface area contributed by atoms with Gasteiger partial charge in [-0.25, -0.2) is 4.98 Å².